The molecule has 8 heteroatoms. The molecule has 1 aromatic carbocycles. The number of nitro groups is 1. The summed E-state index contributed by atoms with van der Waals surface area (Å²) in [6, 6.07) is 2.52. The molecule has 0 spiro atoms. The summed E-state index contributed by atoms with van der Waals surface area (Å²) in [5, 5.41) is 21.5. The summed E-state index contributed by atoms with van der Waals surface area (Å²) >= 11 is 3.05. The van der Waals surface area contributed by atoms with Crippen molar-refractivity contribution in [3.63, 3.8) is 0 Å². The zero-order valence-electron chi connectivity index (χ0n) is 12.0. The van der Waals surface area contributed by atoms with Crippen molar-refractivity contribution < 1.29 is 19.2 Å². The fourth-order valence-corrected chi connectivity index (χ4v) is 3.64. The van der Waals surface area contributed by atoms with Gasteiger partial charge in [0, 0.05) is 11.5 Å². The maximum atomic E-state index is 13.7. The van der Waals surface area contributed by atoms with Crippen molar-refractivity contribution in [1.29, 1.82) is 0 Å². The number of rotatable bonds is 3. The van der Waals surface area contributed by atoms with Gasteiger partial charge in [-0.05, 0) is 40.8 Å². The molecule has 2 aromatic rings. The average molecular weight is 383 g/mol. The number of fused-ring (bicyclic) bond motifs is 1. The summed E-state index contributed by atoms with van der Waals surface area (Å²) in [6.45, 7) is 1.76. The van der Waals surface area contributed by atoms with E-state index in [2.05, 4.69) is 20.9 Å². The number of carboxylic acid groups (broad SMARTS) is 1. The molecule has 1 aliphatic rings. The summed E-state index contributed by atoms with van der Waals surface area (Å²) in [7, 11) is 0. The first kappa shape index (κ1) is 15.8. The van der Waals surface area contributed by atoms with Crippen LogP contribution in [0.5, 0.6) is 0 Å². The van der Waals surface area contributed by atoms with E-state index < -0.39 is 22.1 Å². The molecular weight excluding hydrogens is 371 g/mol. The number of hydrogen-bond donors (Lipinski definition) is 1. The molecule has 0 radical (unpaired) electrons. The highest BCUT2D eigenvalue weighted by molar-refractivity contribution is 9.10. The number of carboxylic acids is 1. The van der Waals surface area contributed by atoms with Crippen LogP contribution < -0.4 is 0 Å². The van der Waals surface area contributed by atoms with Crippen molar-refractivity contribution >= 4 is 38.5 Å². The second kappa shape index (κ2) is 5.23. The van der Waals surface area contributed by atoms with Crippen molar-refractivity contribution in [3.05, 3.63) is 44.3 Å². The fourth-order valence-electron chi connectivity index (χ4n) is 3.30. The third-order valence-corrected chi connectivity index (χ3v) is 5.34. The molecule has 0 amide bonds. The molecule has 2 unspecified atom stereocenters. The van der Waals surface area contributed by atoms with E-state index in [0.29, 0.717) is 18.2 Å². The van der Waals surface area contributed by atoms with Gasteiger partial charge in [0.15, 0.2) is 0 Å². The lowest BCUT2D eigenvalue weighted by Gasteiger charge is -2.44. The maximum Gasteiger partial charge on any atom is 0.314 e. The van der Waals surface area contributed by atoms with E-state index in [1.165, 1.54) is 6.07 Å². The SMILES string of the molecule is CC1CCC1(C(=O)O)c1c([N+](=O)[O-])cnc2cc(F)c(Br)cc12. The van der Waals surface area contributed by atoms with Crippen LogP contribution in [0.1, 0.15) is 25.3 Å². The van der Waals surface area contributed by atoms with Gasteiger partial charge in [-0.1, -0.05) is 6.92 Å². The van der Waals surface area contributed by atoms with Gasteiger partial charge in [0.2, 0.25) is 0 Å². The number of benzene rings is 1. The molecule has 1 N–H and O–H groups in total. The molecule has 0 bridgehead atoms. The van der Waals surface area contributed by atoms with E-state index in [4.69, 9.17) is 0 Å². The van der Waals surface area contributed by atoms with E-state index in [1.54, 1.807) is 6.92 Å². The minimum atomic E-state index is -1.35. The van der Waals surface area contributed by atoms with E-state index >= 15 is 0 Å². The van der Waals surface area contributed by atoms with Gasteiger partial charge in [0.25, 0.3) is 5.69 Å². The van der Waals surface area contributed by atoms with Crippen molar-refractivity contribution in [2.45, 2.75) is 25.2 Å². The molecule has 0 aliphatic heterocycles. The Morgan fingerprint density at radius 2 is 2.26 bits per heavy atom. The van der Waals surface area contributed by atoms with E-state index in [-0.39, 0.29) is 27.2 Å². The molecule has 1 heterocycles. The Morgan fingerprint density at radius 3 is 2.74 bits per heavy atom. The lowest BCUT2D eigenvalue weighted by atomic mass is 9.56. The van der Waals surface area contributed by atoms with Crippen LogP contribution in [-0.2, 0) is 10.2 Å². The minimum absolute atomic E-state index is 0.111. The quantitative estimate of drug-likeness (QED) is 0.643. The Kier molecular flexibility index (Phi) is 3.59. The Labute approximate surface area is 138 Å². The van der Waals surface area contributed by atoms with Crippen molar-refractivity contribution in [2.75, 3.05) is 0 Å². The highest BCUT2D eigenvalue weighted by Crippen LogP contribution is 2.53. The number of hydrogen-bond acceptors (Lipinski definition) is 4. The van der Waals surface area contributed by atoms with Crippen LogP contribution in [0, 0.1) is 21.8 Å². The minimum Gasteiger partial charge on any atom is -0.481 e. The van der Waals surface area contributed by atoms with Gasteiger partial charge in [-0.25, -0.2) is 9.37 Å². The van der Waals surface area contributed by atoms with Crippen LogP contribution >= 0.6 is 15.9 Å². The van der Waals surface area contributed by atoms with Crippen LogP contribution in [0.3, 0.4) is 0 Å². The van der Waals surface area contributed by atoms with Crippen LogP contribution in [0.4, 0.5) is 10.1 Å². The number of nitrogens with zero attached hydrogens (tertiary/aromatic N) is 2. The first-order valence-electron chi connectivity index (χ1n) is 6.95. The van der Waals surface area contributed by atoms with Gasteiger partial charge in [-0.15, -0.1) is 0 Å². The summed E-state index contributed by atoms with van der Waals surface area (Å²) in [6.07, 6.45) is 1.98. The van der Waals surface area contributed by atoms with Gasteiger partial charge in [0.1, 0.15) is 17.4 Å². The smallest absolute Gasteiger partial charge is 0.314 e. The Hall–Kier alpha value is -2.09. The number of aromatic nitrogens is 1. The van der Waals surface area contributed by atoms with Gasteiger partial charge < -0.3 is 5.11 Å². The molecule has 6 nitrogen and oxygen atoms in total. The molecule has 2 atom stereocenters. The van der Waals surface area contributed by atoms with Crippen molar-refractivity contribution in [3.8, 4) is 0 Å². The monoisotopic (exact) mass is 382 g/mol. The summed E-state index contributed by atoms with van der Waals surface area (Å²) < 4.78 is 13.8. The number of carbonyl (C=O) groups is 1. The molecule has 120 valence electrons. The van der Waals surface area contributed by atoms with E-state index in [9.17, 15) is 24.4 Å². The van der Waals surface area contributed by atoms with E-state index in [1.807, 2.05) is 0 Å². The number of pyridine rings is 1. The molecular formula is C15H12BrFN2O4. The highest BCUT2D eigenvalue weighted by Gasteiger charge is 2.55. The second-order valence-electron chi connectivity index (χ2n) is 5.78. The Bertz CT molecular complexity index is 857. The summed E-state index contributed by atoms with van der Waals surface area (Å²) in [5.41, 5.74) is -1.38. The molecule has 1 saturated carbocycles. The summed E-state index contributed by atoms with van der Waals surface area (Å²) in [5.74, 6) is -1.92. The molecule has 3 rings (SSSR count). The largest absolute Gasteiger partial charge is 0.481 e. The predicted molar refractivity (Wildman–Crippen MR) is 83.8 cm³/mol. The van der Waals surface area contributed by atoms with E-state index in [0.717, 1.165) is 12.3 Å². The van der Waals surface area contributed by atoms with Gasteiger partial charge in [-0.2, -0.15) is 0 Å². The fraction of sp³-hybridized carbons (Fsp3) is 0.333. The lowest BCUT2D eigenvalue weighted by Crippen LogP contribution is -2.50. The predicted octanol–water partition coefficient (Wildman–Crippen LogP) is 3.80. The third-order valence-electron chi connectivity index (χ3n) is 4.73. The van der Waals surface area contributed by atoms with Crippen LogP contribution in [0.15, 0.2) is 22.8 Å². The molecule has 1 aromatic heterocycles. The second-order valence-corrected chi connectivity index (χ2v) is 6.63. The topological polar surface area (TPSA) is 93.3 Å². The Morgan fingerprint density at radius 1 is 1.57 bits per heavy atom. The molecule has 1 aliphatic carbocycles. The van der Waals surface area contributed by atoms with Gasteiger partial charge >= 0.3 is 5.97 Å². The molecule has 0 saturated heterocycles. The Balaban J connectivity index is 2.45. The third kappa shape index (κ3) is 2.12. The van der Waals surface area contributed by atoms with Crippen LogP contribution in [-0.4, -0.2) is 21.0 Å². The standard InChI is InChI=1S/C15H12BrFN2O4/c1-7-2-3-15(7,14(20)21)13-8-4-9(16)10(17)5-11(8)18-6-12(13)19(22)23/h4-7H,2-3H2,1H3,(H,20,21). The lowest BCUT2D eigenvalue weighted by molar-refractivity contribution is -0.386. The molecule has 1 fully saturated rings. The van der Waals surface area contributed by atoms with Crippen molar-refractivity contribution in [2.24, 2.45) is 5.92 Å². The first-order chi connectivity index (χ1) is 10.8. The number of aliphatic carboxylic acids is 1. The van der Waals surface area contributed by atoms with Gasteiger partial charge in [-0.3, -0.25) is 14.9 Å². The zero-order valence-corrected chi connectivity index (χ0v) is 13.6. The highest BCUT2D eigenvalue weighted by atomic mass is 79.9. The number of halogens is 2. The normalized spacial score (nSPS) is 23.5. The zero-order chi connectivity index (χ0) is 16.9. The molecule has 23 heavy (non-hydrogen) atoms. The summed E-state index contributed by atoms with van der Waals surface area (Å²) in [4.78, 5) is 26.7. The maximum absolute atomic E-state index is 13.7. The van der Waals surface area contributed by atoms with Crippen molar-refractivity contribution in [1.82, 2.24) is 4.98 Å². The van der Waals surface area contributed by atoms with Gasteiger partial charge in [0.05, 0.1) is 20.5 Å². The average Bonchev–Trinajstić information content (AvgIpc) is 2.47. The van der Waals surface area contributed by atoms with Crippen LogP contribution in [0.25, 0.3) is 10.9 Å². The first-order valence-corrected chi connectivity index (χ1v) is 7.74. The van der Waals surface area contributed by atoms with Crippen LogP contribution in [0.2, 0.25) is 0 Å².